The number of nitrogens with two attached hydrogens (primary N) is 1. The van der Waals surface area contributed by atoms with E-state index in [0.29, 0.717) is 12.8 Å². The van der Waals surface area contributed by atoms with Gasteiger partial charge in [-0.15, -0.1) is 0 Å². The number of aromatic nitrogens is 2. The number of carbonyl (C=O) groups is 1. The minimum absolute atomic E-state index is 0.0554. The van der Waals surface area contributed by atoms with Crippen molar-refractivity contribution in [3.63, 3.8) is 0 Å². The summed E-state index contributed by atoms with van der Waals surface area (Å²) >= 11 is 0. The molecule has 0 aromatic carbocycles. The smallest absolute Gasteiger partial charge is 0.451 e. The minimum Gasteiger partial charge on any atom is -0.480 e. The van der Waals surface area contributed by atoms with Gasteiger partial charge in [0.1, 0.15) is 5.54 Å². The summed E-state index contributed by atoms with van der Waals surface area (Å²) in [5, 5.41) is 26.2. The number of imidazole rings is 1. The van der Waals surface area contributed by atoms with Crippen LogP contribution in [0.5, 0.6) is 0 Å². The van der Waals surface area contributed by atoms with Crippen LogP contribution >= 0.6 is 0 Å². The van der Waals surface area contributed by atoms with E-state index in [-0.39, 0.29) is 25.1 Å². The zero-order valence-corrected chi connectivity index (χ0v) is 13.7. The highest BCUT2D eigenvalue weighted by atomic mass is 32.2. The molecule has 1 heterocycles. The van der Waals surface area contributed by atoms with E-state index in [2.05, 4.69) is 14.7 Å². The molecule has 0 radical (unpaired) electrons. The van der Waals surface area contributed by atoms with Crippen molar-refractivity contribution < 1.29 is 28.4 Å². The molecule has 10 nitrogen and oxygen atoms in total. The van der Waals surface area contributed by atoms with Gasteiger partial charge in [0.2, 0.25) is 16.0 Å². The molecule has 2 rings (SSSR count). The number of hydrogen-bond donors (Lipinski definition) is 6. The quantitative estimate of drug-likeness (QED) is 0.318. The Balaban J connectivity index is 2.11. The molecule has 0 saturated heterocycles. The summed E-state index contributed by atoms with van der Waals surface area (Å²) in [6.45, 7) is 0. The van der Waals surface area contributed by atoms with E-state index in [4.69, 9.17) is 15.8 Å². The fourth-order valence-electron chi connectivity index (χ4n) is 3.11. The lowest BCUT2D eigenvalue weighted by Gasteiger charge is -2.26. The van der Waals surface area contributed by atoms with Crippen LogP contribution in [0.2, 0.25) is 6.32 Å². The summed E-state index contributed by atoms with van der Waals surface area (Å²) in [5.74, 6) is -1.78. The van der Waals surface area contributed by atoms with Crippen molar-refractivity contribution in [2.75, 3.05) is 4.72 Å². The van der Waals surface area contributed by atoms with Gasteiger partial charge in [-0.25, -0.2) is 13.4 Å². The van der Waals surface area contributed by atoms with Gasteiger partial charge in [-0.05, 0) is 31.5 Å². The summed E-state index contributed by atoms with van der Waals surface area (Å²) in [7, 11) is -5.33. The topological polar surface area (TPSA) is 179 Å². The molecule has 134 valence electrons. The number of hydrogen-bond acceptors (Lipinski definition) is 7. The highest BCUT2D eigenvalue weighted by Gasteiger charge is 2.53. The van der Waals surface area contributed by atoms with Gasteiger partial charge in [0.05, 0.1) is 5.25 Å². The third kappa shape index (κ3) is 4.07. The molecular formula is C12H21BN4O6S. The molecule has 12 heteroatoms. The normalized spacial score (nSPS) is 27.1. The van der Waals surface area contributed by atoms with E-state index >= 15 is 0 Å². The van der Waals surface area contributed by atoms with Crippen molar-refractivity contribution in [3.8, 4) is 0 Å². The van der Waals surface area contributed by atoms with Gasteiger partial charge in [0.25, 0.3) is 0 Å². The molecule has 1 aromatic rings. The van der Waals surface area contributed by atoms with Gasteiger partial charge in [0, 0.05) is 12.4 Å². The fourth-order valence-corrected chi connectivity index (χ4v) is 4.64. The van der Waals surface area contributed by atoms with Crippen molar-refractivity contribution >= 4 is 29.1 Å². The predicted molar refractivity (Wildman–Crippen MR) is 86.4 cm³/mol. The Labute approximate surface area is 139 Å². The van der Waals surface area contributed by atoms with Crippen LogP contribution in [-0.2, 0) is 14.8 Å². The molecule has 1 aromatic heterocycles. The van der Waals surface area contributed by atoms with Crippen molar-refractivity contribution in [2.45, 2.75) is 42.8 Å². The number of rotatable bonds is 8. The first kappa shape index (κ1) is 18.7. The lowest BCUT2D eigenvalue weighted by atomic mass is 9.78. The number of carboxylic acid groups (broad SMARTS) is 1. The molecule has 0 amide bonds. The number of carboxylic acids is 1. The van der Waals surface area contributed by atoms with E-state index in [0.717, 1.165) is 0 Å². The Bertz CT molecular complexity index is 667. The SMILES string of the molecule is N[C@@]1(C(=O)O)CC(S(=O)(=O)Nc2ncc[nH]2)C[C@@H]1CCCB(O)O. The Hall–Kier alpha value is -1.63. The second-order valence-corrected chi connectivity index (χ2v) is 8.06. The van der Waals surface area contributed by atoms with Crippen LogP contribution in [0.25, 0.3) is 0 Å². The van der Waals surface area contributed by atoms with E-state index in [9.17, 15) is 18.3 Å². The largest absolute Gasteiger partial charge is 0.480 e. The van der Waals surface area contributed by atoms with Crippen LogP contribution in [0.1, 0.15) is 25.7 Å². The standard InChI is InChI=1S/C12H21BN4O6S/c14-12(10(18)19)7-9(6-8(12)2-1-3-13(20)21)24(22,23)17-11-15-4-5-16-11/h4-5,8-9,20-21H,1-3,6-7,14H2,(H,18,19)(H2,15,16,17)/t8-,9?,12-/m0/s1. The molecule has 24 heavy (non-hydrogen) atoms. The number of H-pyrrole nitrogens is 1. The van der Waals surface area contributed by atoms with E-state index in [1.165, 1.54) is 12.4 Å². The Morgan fingerprint density at radius 2 is 2.25 bits per heavy atom. The van der Waals surface area contributed by atoms with Crippen LogP contribution in [0.3, 0.4) is 0 Å². The number of sulfonamides is 1. The molecular weight excluding hydrogens is 339 g/mol. The second-order valence-electron chi connectivity index (χ2n) is 6.10. The van der Waals surface area contributed by atoms with Crippen molar-refractivity contribution in [2.24, 2.45) is 11.7 Å². The molecule has 1 aliphatic carbocycles. The van der Waals surface area contributed by atoms with Crippen molar-refractivity contribution in [1.82, 2.24) is 9.97 Å². The number of nitrogens with zero attached hydrogens (tertiary/aromatic N) is 1. The highest BCUT2D eigenvalue weighted by Crippen LogP contribution is 2.41. The van der Waals surface area contributed by atoms with E-state index < -0.39 is 39.8 Å². The third-order valence-electron chi connectivity index (χ3n) is 4.43. The van der Waals surface area contributed by atoms with Gasteiger partial charge >= 0.3 is 13.1 Å². The Kier molecular flexibility index (Phi) is 5.53. The maximum absolute atomic E-state index is 12.4. The fraction of sp³-hybridized carbons (Fsp3) is 0.667. The third-order valence-corrected chi connectivity index (χ3v) is 6.15. The molecule has 0 spiro atoms. The zero-order chi connectivity index (χ0) is 18.0. The van der Waals surface area contributed by atoms with Gasteiger partial charge in [-0.3, -0.25) is 9.52 Å². The molecule has 0 bridgehead atoms. The summed E-state index contributed by atoms with van der Waals surface area (Å²) in [5.41, 5.74) is 4.32. The molecule has 7 N–H and O–H groups in total. The molecule has 1 unspecified atom stereocenters. The monoisotopic (exact) mass is 360 g/mol. The number of nitrogens with one attached hydrogen (secondary N) is 2. The number of anilines is 1. The molecule has 1 aliphatic rings. The number of aliphatic carboxylic acids is 1. The molecule has 0 aliphatic heterocycles. The molecule has 1 saturated carbocycles. The zero-order valence-electron chi connectivity index (χ0n) is 12.9. The average molecular weight is 360 g/mol. The Morgan fingerprint density at radius 3 is 2.79 bits per heavy atom. The summed E-state index contributed by atoms with van der Waals surface area (Å²) in [6.07, 6.45) is 3.43. The summed E-state index contributed by atoms with van der Waals surface area (Å²) in [6, 6.07) is 0. The second kappa shape index (κ2) is 7.09. The predicted octanol–water partition coefficient (Wildman–Crippen LogP) is -1.03. The van der Waals surface area contributed by atoms with Gasteiger partial charge in [-0.1, -0.05) is 6.42 Å². The number of aromatic amines is 1. The maximum atomic E-state index is 12.4. The first-order chi connectivity index (χ1) is 11.1. The van der Waals surface area contributed by atoms with Crippen LogP contribution in [-0.4, -0.2) is 57.4 Å². The van der Waals surface area contributed by atoms with Crippen LogP contribution in [0.15, 0.2) is 12.4 Å². The molecule has 1 fully saturated rings. The van der Waals surface area contributed by atoms with Crippen LogP contribution < -0.4 is 10.5 Å². The van der Waals surface area contributed by atoms with Crippen molar-refractivity contribution in [3.05, 3.63) is 12.4 Å². The average Bonchev–Trinajstić information content (AvgIpc) is 3.07. The first-order valence-electron chi connectivity index (χ1n) is 7.54. The Morgan fingerprint density at radius 1 is 1.54 bits per heavy atom. The highest BCUT2D eigenvalue weighted by molar-refractivity contribution is 7.93. The van der Waals surface area contributed by atoms with Gasteiger partial charge in [0.15, 0.2) is 0 Å². The maximum Gasteiger partial charge on any atom is 0.451 e. The minimum atomic E-state index is -3.85. The lowest BCUT2D eigenvalue weighted by molar-refractivity contribution is -0.144. The lowest BCUT2D eigenvalue weighted by Crippen LogP contribution is -2.51. The van der Waals surface area contributed by atoms with E-state index in [1.54, 1.807) is 0 Å². The molecule has 3 atom stereocenters. The van der Waals surface area contributed by atoms with Crippen LogP contribution in [0, 0.1) is 5.92 Å². The summed E-state index contributed by atoms with van der Waals surface area (Å²) in [4.78, 5) is 18.0. The van der Waals surface area contributed by atoms with E-state index in [1.807, 2.05) is 0 Å². The van der Waals surface area contributed by atoms with Crippen LogP contribution in [0.4, 0.5) is 5.95 Å². The first-order valence-corrected chi connectivity index (χ1v) is 9.09. The van der Waals surface area contributed by atoms with Crippen molar-refractivity contribution in [1.29, 1.82) is 0 Å². The van der Waals surface area contributed by atoms with Gasteiger partial charge in [-0.2, -0.15) is 0 Å². The van der Waals surface area contributed by atoms with Gasteiger partial charge < -0.3 is 25.9 Å². The summed E-state index contributed by atoms with van der Waals surface area (Å²) < 4.78 is 27.2.